The predicted molar refractivity (Wildman–Crippen MR) is 97.5 cm³/mol. The maximum absolute atomic E-state index is 12.3. The van der Waals surface area contributed by atoms with Crippen LogP contribution in [0.1, 0.15) is 24.2 Å². The predicted octanol–water partition coefficient (Wildman–Crippen LogP) is 1.80. The minimum atomic E-state index is -0.389. The monoisotopic (exact) mass is 355 g/mol. The first-order valence-electron chi connectivity index (χ1n) is 8.32. The first kappa shape index (κ1) is 17.8. The molecule has 136 valence electrons. The van der Waals surface area contributed by atoms with E-state index < -0.39 is 0 Å². The van der Waals surface area contributed by atoms with Gasteiger partial charge >= 0.3 is 6.03 Å². The maximum atomic E-state index is 12.3. The van der Waals surface area contributed by atoms with Crippen molar-refractivity contribution in [2.45, 2.75) is 26.1 Å². The molecule has 1 atom stereocenters. The molecule has 0 saturated carbocycles. The molecule has 0 unspecified atom stereocenters. The highest BCUT2D eigenvalue weighted by Crippen LogP contribution is 2.21. The molecule has 3 aromatic rings. The summed E-state index contributed by atoms with van der Waals surface area (Å²) in [5, 5.41) is 29.2. The number of anilines is 1. The summed E-state index contributed by atoms with van der Waals surface area (Å²) < 4.78 is 1.58. The average molecular weight is 355 g/mol. The standard InChI is InChI=1S/C18H21N5O3/c1-12(13-5-3-2-4-6-13)20-18(26)22-16-9-14-10-19-23(7-8-24)17(14)15(11-25)21-16/h2-6,9-10,12,24-25H,7-8,11H2,1H3,(H2,20,21,22,26)/t12-/m1/s1. The van der Waals surface area contributed by atoms with Crippen LogP contribution in [0.2, 0.25) is 0 Å². The molecule has 2 aromatic heterocycles. The minimum Gasteiger partial charge on any atom is -0.394 e. The van der Waals surface area contributed by atoms with Gasteiger partial charge < -0.3 is 15.5 Å². The van der Waals surface area contributed by atoms with E-state index in [0.29, 0.717) is 23.6 Å². The Hall–Kier alpha value is -2.97. The molecule has 4 N–H and O–H groups in total. The number of rotatable bonds is 6. The molecule has 0 bridgehead atoms. The molecule has 0 aliphatic rings. The normalized spacial score (nSPS) is 12.1. The van der Waals surface area contributed by atoms with E-state index in [2.05, 4.69) is 20.7 Å². The molecular formula is C18H21N5O3. The van der Waals surface area contributed by atoms with Crippen molar-refractivity contribution in [1.29, 1.82) is 0 Å². The summed E-state index contributed by atoms with van der Waals surface area (Å²) >= 11 is 0. The average Bonchev–Trinajstić information content (AvgIpc) is 3.05. The maximum Gasteiger partial charge on any atom is 0.320 e. The van der Waals surface area contributed by atoms with E-state index in [1.807, 2.05) is 37.3 Å². The number of hydrogen-bond donors (Lipinski definition) is 4. The largest absolute Gasteiger partial charge is 0.394 e. The Morgan fingerprint density at radius 1 is 1.27 bits per heavy atom. The number of carbonyl (C=O) groups excluding carboxylic acids is 1. The minimum absolute atomic E-state index is 0.0680. The van der Waals surface area contributed by atoms with Gasteiger partial charge in [0.15, 0.2) is 0 Å². The second kappa shape index (κ2) is 7.94. The Morgan fingerprint density at radius 2 is 2.04 bits per heavy atom. The molecule has 0 saturated heterocycles. The first-order chi connectivity index (χ1) is 12.6. The lowest BCUT2D eigenvalue weighted by molar-refractivity contribution is 0.249. The van der Waals surface area contributed by atoms with Crippen molar-refractivity contribution in [2.24, 2.45) is 0 Å². The fraction of sp³-hybridized carbons (Fsp3) is 0.278. The van der Waals surface area contributed by atoms with Crippen molar-refractivity contribution in [3.05, 3.63) is 53.9 Å². The van der Waals surface area contributed by atoms with E-state index in [1.165, 1.54) is 0 Å². The molecule has 2 amide bonds. The van der Waals surface area contributed by atoms with Crippen molar-refractivity contribution in [1.82, 2.24) is 20.1 Å². The highest BCUT2D eigenvalue weighted by Gasteiger charge is 2.14. The van der Waals surface area contributed by atoms with E-state index >= 15 is 0 Å². The van der Waals surface area contributed by atoms with Gasteiger partial charge in [-0.05, 0) is 18.6 Å². The summed E-state index contributed by atoms with van der Waals surface area (Å²) in [6, 6.07) is 10.8. The second-order valence-corrected chi connectivity index (χ2v) is 5.87. The SMILES string of the molecule is C[C@@H](NC(=O)Nc1cc2cnn(CCO)c2c(CO)n1)c1ccccc1. The summed E-state index contributed by atoms with van der Waals surface area (Å²) in [5.41, 5.74) is 2.03. The number of nitrogens with zero attached hydrogens (tertiary/aromatic N) is 3. The van der Waals surface area contributed by atoms with Gasteiger partial charge in [0.25, 0.3) is 0 Å². The number of aliphatic hydroxyl groups excluding tert-OH is 2. The van der Waals surface area contributed by atoms with Crippen LogP contribution in [0.5, 0.6) is 0 Å². The molecule has 8 heteroatoms. The molecule has 1 aromatic carbocycles. The van der Waals surface area contributed by atoms with E-state index in [0.717, 1.165) is 10.9 Å². The Bertz CT molecular complexity index is 894. The van der Waals surface area contributed by atoms with Crippen LogP contribution in [-0.2, 0) is 13.2 Å². The van der Waals surface area contributed by atoms with Crippen molar-refractivity contribution in [2.75, 3.05) is 11.9 Å². The molecule has 0 spiro atoms. The van der Waals surface area contributed by atoms with Crippen molar-refractivity contribution in [3.8, 4) is 0 Å². The molecule has 0 aliphatic heterocycles. The van der Waals surface area contributed by atoms with Crippen molar-refractivity contribution < 1.29 is 15.0 Å². The van der Waals surface area contributed by atoms with Gasteiger partial charge in [0, 0.05) is 5.39 Å². The highest BCUT2D eigenvalue weighted by atomic mass is 16.3. The van der Waals surface area contributed by atoms with E-state index in [9.17, 15) is 9.90 Å². The number of aliphatic hydroxyl groups is 2. The number of urea groups is 1. The van der Waals surface area contributed by atoms with Gasteiger partial charge in [-0.1, -0.05) is 30.3 Å². The van der Waals surface area contributed by atoms with Gasteiger partial charge in [-0.15, -0.1) is 0 Å². The number of hydrogen-bond acceptors (Lipinski definition) is 5. The van der Waals surface area contributed by atoms with Gasteiger partial charge in [0.2, 0.25) is 0 Å². The fourth-order valence-electron chi connectivity index (χ4n) is 2.81. The number of aromatic nitrogens is 3. The summed E-state index contributed by atoms with van der Waals surface area (Å²) in [7, 11) is 0. The Kier molecular flexibility index (Phi) is 5.45. The Balaban J connectivity index is 1.77. The van der Waals surface area contributed by atoms with Gasteiger partial charge in [0.1, 0.15) is 5.82 Å². The molecule has 8 nitrogen and oxygen atoms in total. The van der Waals surface area contributed by atoms with Crippen molar-refractivity contribution in [3.63, 3.8) is 0 Å². The topological polar surface area (TPSA) is 112 Å². The Morgan fingerprint density at radius 3 is 2.73 bits per heavy atom. The smallest absolute Gasteiger partial charge is 0.320 e. The van der Waals surface area contributed by atoms with Gasteiger partial charge in [0.05, 0.1) is 43.2 Å². The summed E-state index contributed by atoms with van der Waals surface area (Å²) in [5.74, 6) is 0.322. The zero-order valence-corrected chi connectivity index (χ0v) is 14.4. The lowest BCUT2D eigenvalue weighted by atomic mass is 10.1. The second-order valence-electron chi connectivity index (χ2n) is 5.87. The van der Waals surface area contributed by atoms with Crippen LogP contribution in [0.25, 0.3) is 10.9 Å². The number of pyridine rings is 1. The molecule has 26 heavy (non-hydrogen) atoms. The van der Waals surface area contributed by atoms with E-state index in [-0.39, 0.29) is 25.3 Å². The molecule has 3 rings (SSSR count). The van der Waals surface area contributed by atoms with E-state index in [1.54, 1.807) is 16.9 Å². The fourth-order valence-corrected chi connectivity index (χ4v) is 2.81. The zero-order valence-electron chi connectivity index (χ0n) is 14.4. The third-order valence-electron chi connectivity index (χ3n) is 4.04. The van der Waals surface area contributed by atoms with Crippen LogP contribution < -0.4 is 10.6 Å². The summed E-state index contributed by atoms with van der Waals surface area (Å²) in [4.78, 5) is 16.6. The third-order valence-corrected chi connectivity index (χ3v) is 4.04. The van der Waals surface area contributed by atoms with Crippen LogP contribution in [0, 0.1) is 0 Å². The van der Waals surface area contributed by atoms with E-state index in [4.69, 9.17) is 5.11 Å². The number of fused-ring (bicyclic) bond motifs is 1. The number of amides is 2. The zero-order chi connectivity index (χ0) is 18.5. The van der Waals surface area contributed by atoms with Gasteiger partial charge in [-0.2, -0.15) is 5.10 Å². The molecular weight excluding hydrogens is 334 g/mol. The number of carbonyl (C=O) groups is 1. The number of benzene rings is 1. The van der Waals surface area contributed by atoms with Crippen LogP contribution >= 0.6 is 0 Å². The third kappa shape index (κ3) is 3.81. The van der Waals surface area contributed by atoms with Crippen LogP contribution in [0.3, 0.4) is 0 Å². The summed E-state index contributed by atoms with van der Waals surface area (Å²) in [6.07, 6.45) is 1.61. The van der Waals surface area contributed by atoms with Gasteiger partial charge in [-0.3, -0.25) is 10.00 Å². The first-order valence-corrected chi connectivity index (χ1v) is 8.32. The molecule has 2 heterocycles. The highest BCUT2D eigenvalue weighted by molar-refractivity contribution is 5.92. The van der Waals surface area contributed by atoms with Crippen LogP contribution in [0.4, 0.5) is 10.6 Å². The van der Waals surface area contributed by atoms with Crippen LogP contribution in [0.15, 0.2) is 42.6 Å². The van der Waals surface area contributed by atoms with Crippen LogP contribution in [-0.4, -0.2) is 37.6 Å². The number of nitrogens with one attached hydrogen (secondary N) is 2. The molecule has 0 fully saturated rings. The molecule has 0 radical (unpaired) electrons. The molecule has 0 aliphatic carbocycles. The quantitative estimate of drug-likeness (QED) is 0.539. The Labute approximate surface area is 150 Å². The summed E-state index contributed by atoms with van der Waals surface area (Å²) in [6.45, 7) is 1.83. The van der Waals surface area contributed by atoms with Gasteiger partial charge in [-0.25, -0.2) is 9.78 Å². The van der Waals surface area contributed by atoms with Crippen molar-refractivity contribution >= 4 is 22.8 Å². The lowest BCUT2D eigenvalue weighted by Gasteiger charge is -2.15. The lowest BCUT2D eigenvalue weighted by Crippen LogP contribution is -2.31.